The Labute approximate surface area is 123 Å². The number of hydrogen-bond acceptors (Lipinski definition) is 3. The van der Waals surface area contributed by atoms with Crippen molar-refractivity contribution in [1.29, 1.82) is 0 Å². The molecule has 4 heteroatoms. The zero-order valence-electron chi connectivity index (χ0n) is 12.8. The van der Waals surface area contributed by atoms with Crippen molar-refractivity contribution < 1.29 is 9.53 Å². The second kappa shape index (κ2) is 8.63. The number of rotatable bonds is 7. The number of amides is 1. The van der Waals surface area contributed by atoms with Crippen LogP contribution in [0.1, 0.15) is 51.9 Å². The van der Waals surface area contributed by atoms with Crippen molar-refractivity contribution >= 4 is 5.91 Å². The molecule has 0 aromatic rings. The van der Waals surface area contributed by atoms with Gasteiger partial charge in [-0.3, -0.25) is 4.79 Å². The molecule has 0 bridgehead atoms. The molecule has 116 valence electrons. The average molecular weight is 282 g/mol. The maximum Gasteiger partial charge on any atom is 0.227 e. The highest BCUT2D eigenvalue weighted by atomic mass is 16.5. The fraction of sp³-hybridized carbons (Fsp3) is 0.938. The average Bonchev–Trinajstić information content (AvgIpc) is 2.94. The molecule has 2 rings (SSSR count). The first-order chi connectivity index (χ1) is 9.81. The predicted octanol–water partition coefficient (Wildman–Crippen LogP) is 2.09. The van der Waals surface area contributed by atoms with Gasteiger partial charge in [-0.2, -0.15) is 0 Å². The van der Waals surface area contributed by atoms with Crippen LogP contribution in [0.15, 0.2) is 0 Å². The first-order valence-electron chi connectivity index (χ1n) is 8.40. The second-order valence-electron chi connectivity index (χ2n) is 6.29. The van der Waals surface area contributed by atoms with Gasteiger partial charge in [-0.25, -0.2) is 0 Å². The van der Waals surface area contributed by atoms with E-state index in [1.54, 1.807) is 0 Å². The van der Waals surface area contributed by atoms with Crippen molar-refractivity contribution in [3.05, 3.63) is 0 Å². The Balaban J connectivity index is 1.65. The first-order valence-corrected chi connectivity index (χ1v) is 8.40. The SMILES string of the molecule is CCCNC1COCC1C(=O)NCCC1CCCCC1. The molecule has 0 aromatic carbocycles. The van der Waals surface area contributed by atoms with Gasteiger partial charge >= 0.3 is 0 Å². The van der Waals surface area contributed by atoms with E-state index in [0.29, 0.717) is 13.2 Å². The summed E-state index contributed by atoms with van der Waals surface area (Å²) in [5, 5.41) is 6.54. The third-order valence-electron chi connectivity index (χ3n) is 4.65. The van der Waals surface area contributed by atoms with Crippen LogP contribution in [0.2, 0.25) is 0 Å². The predicted molar refractivity (Wildman–Crippen MR) is 80.6 cm³/mol. The largest absolute Gasteiger partial charge is 0.379 e. The summed E-state index contributed by atoms with van der Waals surface area (Å²) < 4.78 is 5.46. The Hall–Kier alpha value is -0.610. The van der Waals surface area contributed by atoms with Crippen LogP contribution in [0.5, 0.6) is 0 Å². The van der Waals surface area contributed by atoms with Crippen LogP contribution in [0.3, 0.4) is 0 Å². The molecular weight excluding hydrogens is 252 g/mol. The minimum atomic E-state index is -0.00657. The van der Waals surface area contributed by atoms with Crippen molar-refractivity contribution in [3.63, 3.8) is 0 Å². The maximum atomic E-state index is 12.2. The van der Waals surface area contributed by atoms with Crippen LogP contribution >= 0.6 is 0 Å². The van der Waals surface area contributed by atoms with Crippen molar-refractivity contribution in [1.82, 2.24) is 10.6 Å². The zero-order chi connectivity index (χ0) is 14.2. The minimum Gasteiger partial charge on any atom is -0.379 e. The van der Waals surface area contributed by atoms with Crippen LogP contribution in [0, 0.1) is 11.8 Å². The Bertz CT molecular complexity index is 290. The van der Waals surface area contributed by atoms with E-state index in [1.807, 2.05) is 0 Å². The van der Waals surface area contributed by atoms with Crippen LogP contribution in [0.4, 0.5) is 0 Å². The molecule has 0 radical (unpaired) electrons. The molecule has 2 aliphatic rings. The third kappa shape index (κ3) is 4.74. The van der Waals surface area contributed by atoms with Gasteiger partial charge in [0.2, 0.25) is 5.91 Å². The quantitative estimate of drug-likeness (QED) is 0.752. The van der Waals surface area contributed by atoms with Crippen LogP contribution in [0.25, 0.3) is 0 Å². The van der Waals surface area contributed by atoms with E-state index in [-0.39, 0.29) is 17.9 Å². The summed E-state index contributed by atoms with van der Waals surface area (Å²) in [5.74, 6) is 0.998. The molecule has 2 atom stereocenters. The van der Waals surface area contributed by atoms with E-state index < -0.39 is 0 Å². The van der Waals surface area contributed by atoms with Gasteiger partial charge in [0, 0.05) is 12.6 Å². The molecule has 1 aliphatic heterocycles. The molecule has 0 spiro atoms. The summed E-state index contributed by atoms with van der Waals surface area (Å²) in [5.41, 5.74) is 0. The number of carbonyl (C=O) groups is 1. The number of nitrogens with one attached hydrogen (secondary N) is 2. The molecule has 1 heterocycles. The van der Waals surface area contributed by atoms with Gasteiger partial charge in [0.25, 0.3) is 0 Å². The molecule has 1 aliphatic carbocycles. The fourth-order valence-electron chi connectivity index (χ4n) is 3.35. The lowest BCUT2D eigenvalue weighted by Gasteiger charge is -2.22. The summed E-state index contributed by atoms with van der Waals surface area (Å²) >= 11 is 0. The van der Waals surface area contributed by atoms with E-state index in [4.69, 9.17) is 4.74 Å². The van der Waals surface area contributed by atoms with Crippen molar-refractivity contribution in [2.75, 3.05) is 26.3 Å². The van der Waals surface area contributed by atoms with Crippen molar-refractivity contribution in [2.24, 2.45) is 11.8 Å². The second-order valence-corrected chi connectivity index (χ2v) is 6.29. The van der Waals surface area contributed by atoms with Crippen molar-refractivity contribution in [3.8, 4) is 0 Å². The molecule has 1 saturated heterocycles. The highest BCUT2D eigenvalue weighted by Crippen LogP contribution is 2.25. The molecule has 0 aromatic heterocycles. The third-order valence-corrected chi connectivity index (χ3v) is 4.65. The van der Waals surface area contributed by atoms with Crippen molar-refractivity contribution in [2.45, 2.75) is 57.9 Å². The van der Waals surface area contributed by atoms with Crippen LogP contribution in [-0.2, 0) is 9.53 Å². The zero-order valence-corrected chi connectivity index (χ0v) is 12.8. The van der Waals surface area contributed by atoms with E-state index in [1.165, 1.54) is 32.1 Å². The number of carbonyl (C=O) groups excluding carboxylic acids is 1. The van der Waals surface area contributed by atoms with E-state index in [2.05, 4.69) is 17.6 Å². The fourth-order valence-corrected chi connectivity index (χ4v) is 3.35. The van der Waals surface area contributed by atoms with Gasteiger partial charge in [0.15, 0.2) is 0 Å². The molecule has 2 N–H and O–H groups in total. The van der Waals surface area contributed by atoms with Crippen LogP contribution in [-0.4, -0.2) is 38.3 Å². The summed E-state index contributed by atoms with van der Waals surface area (Å²) in [7, 11) is 0. The molecule has 2 fully saturated rings. The van der Waals surface area contributed by atoms with E-state index >= 15 is 0 Å². The lowest BCUT2D eigenvalue weighted by molar-refractivity contribution is -0.125. The van der Waals surface area contributed by atoms with E-state index in [9.17, 15) is 4.79 Å². The Morgan fingerprint density at radius 1 is 1.15 bits per heavy atom. The molecule has 1 saturated carbocycles. The highest BCUT2D eigenvalue weighted by Gasteiger charge is 2.33. The summed E-state index contributed by atoms with van der Waals surface area (Å²) in [6.45, 7) is 5.17. The monoisotopic (exact) mass is 282 g/mol. The van der Waals surface area contributed by atoms with Crippen LogP contribution < -0.4 is 10.6 Å². The molecule has 20 heavy (non-hydrogen) atoms. The smallest absolute Gasteiger partial charge is 0.227 e. The number of hydrogen-bond donors (Lipinski definition) is 2. The molecule has 2 unspecified atom stereocenters. The summed E-state index contributed by atoms with van der Waals surface area (Å²) in [6, 6.07) is 0.199. The summed E-state index contributed by atoms with van der Waals surface area (Å²) in [6.07, 6.45) is 9.08. The lowest BCUT2D eigenvalue weighted by atomic mass is 9.87. The van der Waals surface area contributed by atoms with Gasteiger partial charge in [0.1, 0.15) is 0 Å². The van der Waals surface area contributed by atoms with Gasteiger partial charge in [-0.1, -0.05) is 39.0 Å². The minimum absolute atomic E-state index is 0.00657. The van der Waals surface area contributed by atoms with E-state index in [0.717, 1.165) is 31.8 Å². The maximum absolute atomic E-state index is 12.2. The molecular formula is C16H30N2O2. The lowest BCUT2D eigenvalue weighted by Crippen LogP contribution is -2.44. The topological polar surface area (TPSA) is 50.4 Å². The van der Waals surface area contributed by atoms with Gasteiger partial charge < -0.3 is 15.4 Å². The Kier molecular flexibility index (Phi) is 6.80. The van der Waals surface area contributed by atoms with Gasteiger partial charge in [0.05, 0.1) is 19.1 Å². The number of ether oxygens (including phenoxy) is 1. The summed E-state index contributed by atoms with van der Waals surface area (Å²) in [4.78, 5) is 12.2. The standard InChI is InChI=1S/C16H30N2O2/c1-2-9-17-15-12-20-11-14(15)16(19)18-10-8-13-6-4-3-5-7-13/h13-15,17H,2-12H2,1H3,(H,18,19). The van der Waals surface area contributed by atoms with Gasteiger partial charge in [-0.15, -0.1) is 0 Å². The Morgan fingerprint density at radius 3 is 2.70 bits per heavy atom. The molecule has 4 nitrogen and oxygen atoms in total. The molecule has 1 amide bonds. The first kappa shape index (κ1) is 15.8. The Morgan fingerprint density at radius 2 is 1.95 bits per heavy atom. The normalized spacial score (nSPS) is 27.6. The van der Waals surface area contributed by atoms with Gasteiger partial charge in [-0.05, 0) is 25.3 Å². The highest BCUT2D eigenvalue weighted by molar-refractivity contribution is 5.79.